The van der Waals surface area contributed by atoms with Crippen molar-refractivity contribution in [1.82, 2.24) is 19.5 Å². The highest BCUT2D eigenvalue weighted by molar-refractivity contribution is 7.08. The molecule has 0 N–H and O–H groups in total. The van der Waals surface area contributed by atoms with Crippen LogP contribution in [-0.4, -0.2) is 59.3 Å². The second kappa shape index (κ2) is 8.32. The van der Waals surface area contributed by atoms with E-state index in [-0.39, 0.29) is 0 Å². The molecule has 0 radical (unpaired) electrons. The van der Waals surface area contributed by atoms with Crippen molar-refractivity contribution in [2.45, 2.75) is 26.8 Å². The number of likely N-dealkylation sites (N-methyl/N-ethyl adjacent to an activating group) is 1. The molecule has 0 saturated carbocycles. The molecule has 1 atom stereocenters. The van der Waals surface area contributed by atoms with Crippen LogP contribution in [0.25, 0.3) is 11.3 Å². The molecule has 3 aromatic heterocycles. The summed E-state index contributed by atoms with van der Waals surface area (Å²) >= 11 is 3.36. The van der Waals surface area contributed by atoms with Gasteiger partial charge < -0.3 is 14.0 Å². The standard InChI is InChI=1S/C20H27N5OS2/c1-14(11-24-8-6-23(4)7-9-24)25-18(19-15(2)22-26-16(19)3)13-28-20(25)21-17-5-10-27-12-17/h5,10,12-14H,6-9,11H2,1-4H3. The number of thiazole rings is 1. The summed E-state index contributed by atoms with van der Waals surface area (Å²) in [4.78, 5) is 10.9. The number of rotatable bonds is 5. The van der Waals surface area contributed by atoms with Gasteiger partial charge >= 0.3 is 0 Å². The van der Waals surface area contributed by atoms with Gasteiger partial charge in [0.15, 0.2) is 4.80 Å². The molecule has 1 aliphatic heterocycles. The SMILES string of the molecule is Cc1noc(C)c1-c1csc(=Nc2ccsc2)n1C(C)CN1CCN(C)CC1. The minimum absolute atomic E-state index is 0.302. The van der Waals surface area contributed by atoms with Crippen molar-refractivity contribution < 1.29 is 4.52 Å². The largest absolute Gasteiger partial charge is 0.361 e. The Labute approximate surface area is 173 Å². The fourth-order valence-corrected chi connectivity index (χ4v) is 5.34. The smallest absolute Gasteiger partial charge is 0.190 e. The van der Waals surface area contributed by atoms with Gasteiger partial charge in [-0.25, -0.2) is 4.99 Å². The Kier molecular flexibility index (Phi) is 5.82. The van der Waals surface area contributed by atoms with Crippen LogP contribution in [0.3, 0.4) is 0 Å². The van der Waals surface area contributed by atoms with Gasteiger partial charge in [0, 0.05) is 49.5 Å². The van der Waals surface area contributed by atoms with Gasteiger partial charge in [0.2, 0.25) is 0 Å². The van der Waals surface area contributed by atoms with Crippen LogP contribution in [0.4, 0.5) is 5.69 Å². The van der Waals surface area contributed by atoms with Crippen molar-refractivity contribution in [1.29, 1.82) is 0 Å². The van der Waals surface area contributed by atoms with Gasteiger partial charge in [-0.15, -0.1) is 11.3 Å². The molecule has 8 heteroatoms. The molecule has 1 saturated heterocycles. The lowest BCUT2D eigenvalue weighted by Gasteiger charge is -2.34. The van der Waals surface area contributed by atoms with Crippen LogP contribution in [0.1, 0.15) is 24.4 Å². The number of thiophene rings is 1. The predicted octanol–water partition coefficient (Wildman–Crippen LogP) is 3.92. The van der Waals surface area contributed by atoms with Crippen molar-refractivity contribution in [2.24, 2.45) is 4.99 Å². The highest BCUT2D eigenvalue weighted by Crippen LogP contribution is 2.30. The number of hydrogen-bond acceptors (Lipinski definition) is 7. The lowest BCUT2D eigenvalue weighted by Crippen LogP contribution is -2.46. The predicted molar refractivity (Wildman–Crippen MR) is 115 cm³/mol. The number of aromatic nitrogens is 2. The van der Waals surface area contributed by atoms with E-state index in [2.05, 4.69) is 55.7 Å². The summed E-state index contributed by atoms with van der Waals surface area (Å²) in [6.07, 6.45) is 0. The highest BCUT2D eigenvalue weighted by Gasteiger charge is 2.23. The highest BCUT2D eigenvalue weighted by atomic mass is 32.1. The van der Waals surface area contributed by atoms with E-state index in [0.717, 1.165) is 65.9 Å². The fraction of sp³-hybridized carbons (Fsp3) is 0.500. The third kappa shape index (κ3) is 4.00. The molecule has 0 spiro atoms. The van der Waals surface area contributed by atoms with E-state index >= 15 is 0 Å². The lowest BCUT2D eigenvalue weighted by atomic mass is 10.1. The normalized spacial score (nSPS) is 18.1. The second-order valence-electron chi connectivity index (χ2n) is 7.52. The van der Waals surface area contributed by atoms with Gasteiger partial charge in [0.05, 0.1) is 22.6 Å². The maximum atomic E-state index is 5.46. The van der Waals surface area contributed by atoms with Gasteiger partial charge in [0.1, 0.15) is 5.76 Å². The van der Waals surface area contributed by atoms with Crippen molar-refractivity contribution in [3.63, 3.8) is 0 Å². The van der Waals surface area contributed by atoms with Gasteiger partial charge in [-0.2, -0.15) is 11.3 Å². The third-order valence-corrected chi connectivity index (χ3v) is 6.83. The first-order valence-corrected chi connectivity index (χ1v) is 11.5. The summed E-state index contributed by atoms with van der Waals surface area (Å²) in [5.74, 6) is 0.859. The lowest BCUT2D eigenvalue weighted by molar-refractivity contribution is 0.140. The van der Waals surface area contributed by atoms with Gasteiger partial charge in [-0.3, -0.25) is 4.90 Å². The van der Waals surface area contributed by atoms with Crippen LogP contribution in [0.15, 0.2) is 31.7 Å². The zero-order valence-electron chi connectivity index (χ0n) is 16.9. The Hall–Kier alpha value is -1.74. The number of piperazine rings is 1. The Morgan fingerprint density at radius 2 is 2.00 bits per heavy atom. The molecule has 1 fully saturated rings. The number of nitrogens with zero attached hydrogens (tertiary/aromatic N) is 5. The first kappa shape index (κ1) is 19.6. The Morgan fingerprint density at radius 1 is 1.21 bits per heavy atom. The van der Waals surface area contributed by atoms with Crippen LogP contribution >= 0.6 is 22.7 Å². The van der Waals surface area contributed by atoms with E-state index in [1.54, 1.807) is 22.7 Å². The van der Waals surface area contributed by atoms with E-state index in [9.17, 15) is 0 Å². The average Bonchev–Trinajstić information content (AvgIpc) is 3.39. The van der Waals surface area contributed by atoms with Crippen molar-refractivity contribution in [2.75, 3.05) is 39.8 Å². The summed E-state index contributed by atoms with van der Waals surface area (Å²) in [5.41, 5.74) is 4.18. The molecule has 4 heterocycles. The van der Waals surface area contributed by atoms with Crippen LogP contribution in [0, 0.1) is 13.8 Å². The Morgan fingerprint density at radius 3 is 2.64 bits per heavy atom. The minimum Gasteiger partial charge on any atom is -0.361 e. The summed E-state index contributed by atoms with van der Waals surface area (Å²) in [6.45, 7) is 11.8. The molecular weight excluding hydrogens is 390 g/mol. The molecule has 1 unspecified atom stereocenters. The van der Waals surface area contributed by atoms with Crippen LogP contribution in [0.5, 0.6) is 0 Å². The summed E-state index contributed by atoms with van der Waals surface area (Å²) in [5, 5.41) is 10.5. The first-order valence-electron chi connectivity index (χ1n) is 9.64. The first-order chi connectivity index (χ1) is 13.5. The van der Waals surface area contributed by atoms with E-state index in [4.69, 9.17) is 9.52 Å². The van der Waals surface area contributed by atoms with Crippen molar-refractivity contribution in [3.8, 4) is 11.3 Å². The van der Waals surface area contributed by atoms with Crippen LogP contribution in [0.2, 0.25) is 0 Å². The average molecular weight is 418 g/mol. The zero-order chi connectivity index (χ0) is 19.7. The van der Waals surface area contributed by atoms with E-state index in [1.807, 2.05) is 13.8 Å². The quantitative estimate of drug-likeness (QED) is 0.631. The van der Waals surface area contributed by atoms with Crippen LogP contribution in [-0.2, 0) is 0 Å². The summed E-state index contributed by atoms with van der Waals surface area (Å²) in [7, 11) is 2.20. The minimum atomic E-state index is 0.302. The van der Waals surface area contributed by atoms with Crippen molar-refractivity contribution >= 4 is 28.4 Å². The summed E-state index contributed by atoms with van der Waals surface area (Å²) < 4.78 is 7.83. The van der Waals surface area contributed by atoms with Gasteiger partial charge in [-0.05, 0) is 39.3 Å². The third-order valence-electron chi connectivity index (χ3n) is 5.32. The van der Waals surface area contributed by atoms with E-state index in [1.165, 1.54) is 0 Å². The zero-order valence-corrected chi connectivity index (χ0v) is 18.5. The second-order valence-corrected chi connectivity index (χ2v) is 9.14. The maximum Gasteiger partial charge on any atom is 0.190 e. The van der Waals surface area contributed by atoms with E-state index < -0.39 is 0 Å². The molecule has 28 heavy (non-hydrogen) atoms. The molecule has 3 aromatic rings. The number of hydrogen-bond donors (Lipinski definition) is 0. The summed E-state index contributed by atoms with van der Waals surface area (Å²) in [6, 6.07) is 2.37. The van der Waals surface area contributed by atoms with E-state index in [0.29, 0.717) is 6.04 Å². The van der Waals surface area contributed by atoms with Gasteiger partial charge in [-0.1, -0.05) is 5.16 Å². The molecule has 0 aromatic carbocycles. The Balaban J connectivity index is 1.73. The molecule has 0 aliphatic carbocycles. The Bertz CT molecular complexity index is 957. The topological polar surface area (TPSA) is 49.8 Å². The fourth-order valence-electron chi connectivity index (χ4n) is 3.78. The van der Waals surface area contributed by atoms with Gasteiger partial charge in [0.25, 0.3) is 0 Å². The molecule has 4 rings (SSSR count). The molecule has 150 valence electrons. The molecule has 6 nitrogen and oxygen atoms in total. The molecule has 1 aliphatic rings. The van der Waals surface area contributed by atoms with Crippen LogP contribution < -0.4 is 4.80 Å². The number of aryl methyl sites for hydroxylation is 2. The molecule has 0 bridgehead atoms. The van der Waals surface area contributed by atoms with Crippen molar-refractivity contribution in [3.05, 3.63) is 38.5 Å². The molecule has 0 amide bonds. The molecular formula is C20H27N5OS2. The monoisotopic (exact) mass is 417 g/mol. The maximum absolute atomic E-state index is 5.46.